The normalized spacial score (nSPS) is 19.9. The number of aryl methyl sites for hydroxylation is 1. The molecule has 2 heterocycles. The van der Waals surface area contributed by atoms with E-state index in [1.165, 1.54) is 37.2 Å². The average Bonchev–Trinajstić information content (AvgIpc) is 3.06. The van der Waals surface area contributed by atoms with Crippen LogP contribution in [0.15, 0.2) is 6.20 Å². The van der Waals surface area contributed by atoms with Crippen molar-refractivity contribution in [1.29, 1.82) is 0 Å². The van der Waals surface area contributed by atoms with Gasteiger partial charge < -0.3 is 0 Å². The molecule has 0 aromatic carbocycles. The third-order valence-electron chi connectivity index (χ3n) is 3.37. The van der Waals surface area contributed by atoms with Crippen LogP contribution in [0.25, 0.3) is 0 Å². The molecule has 0 atom stereocenters. The van der Waals surface area contributed by atoms with Gasteiger partial charge in [0.1, 0.15) is 0 Å². The van der Waals surface area contributed by atoms with Crippen LogP contribution >= 0.6 is 0 Å². The molecule has 0 N–H and O–H groups in total. The molecule has 0 saturated heterocycles. The monoisotopic (exact) mass is 221 g/mol. The molecule has 1 saturated carbocycles. The van der Waals surface area contributed by atoms with E-state index in [-0.39, 0.29) is 0 Å². The Hall–Kier alpha value is -0.830. The summed E-state index contributed by atoms with van der Waals surface area (Å²) in [6.07, 6.45) is 4.90. The van der Waals surface area contributed by atoms with Crippen molar-refractivity contribution >= 4 is 0 Å². The maximum absolute atomic E-state index is 4.38. The fourth-order valence-corrected chi connectivity index (χ4v) is 2.25. The van der Waals surface area contributed by atoms with Crippen molar-refractivity contribution in [3.05, 3.63) is 17.5 Å². The molecule has 0 unspecified atom stereocenters. The smallest absolute Gasteiger partial charge is 0.0554 e. The molecule has 3 heteroatoms. The molecule has 16 heavy (non-hydrogen) atoms. The molecule has 3 nitrogen and oxygen atoms in total. The van der Waals surface area contributed by atoms with Gasteiger partial charge in [0.25, 0.3) is 0 Å². The van der Waals surface area contributed by atoms with Crippen molar-refractivity contribution < 1.29 is 0 Å². The fourth-order valence-electron chi connectivity index (χ4n) is 2.25. The summed E-state index contributed by atoms with van der Waals surface area (Å²) < 4.78 is 2.17. The summed E-state index contributed by atoms with van der Waals surface area (Å²) >= 11 is 0. The van der Waals surface area contributed by atoms with Crippen LogP contribution in [0.1, 0.15) is 37.9 Å². The Kier molecular flexibility index (Phi) is 3.64. The van der Waals surface area contributed by atoms with Gasteiger partial charge in [-0.05, 0) is 31.2 Å². The van der Waals surface area contributed by atoms with Crippen LogP contribution in [-0.4, -0.2) is 27.8 Å². The van der Waals surface area contributed by atoms with Crippen molar-refractivity contribution in [3.8, 4) is 0 Å². The molecule has 90 valence electrons. The molecule has 0 bridgehead atoms. The zero-order valence-corrected chi connectivity index (χ0v) is 10.7. The number of nitrogens with zero attached hydrogens (tertiary/aromatic N) is 3. The molecule has 0 amide bonds. The first kappa shape index (κ1) is 11.6. The first-order chi connectivity index (χ1) is 7.83. The molecule has 1 aromatic heterocycles. The van der Waals surface area contributed by atoms with Crippen LogP contribution in [0.3, 0.4) is 0 Å². The molecule has 0 radical (unpaired) electrons. The lowest BCUT2D eigenvalue weighted by Gasteiger charge is -2.27. The van der Waals surface area contributed by atoms with Crippen molar-refractivity contribution in [3.63, 3.8) is 0 Å². The van der Waals surface area contributed by atoms with Gasteiger partial charge in [-0.1, -0.05) is 13.8 Å². The molecule has 1 aliphatic carbocycles. The summed E-state index contributed by atoms with van der Waals surface area (Å²) in [5.74, 6) is 1.00. The first-order valence-corrected chi connectivity index (χ1v) is 6.56. The van der Waals surface area contributed by atoms with Gasteiger partial charge in [0.05, 0.1) is 18.4 Å². The van der Waals surface area contributed by atoms with Crippen LogP contribution in [0.4, 0.5) is 0 Å². The lowest BCUT2D eigenvalue weighted by Crippen LogP contribution is -2.35. The second kappa shape index (κ2) is 5.00. The van der Waals surface area contributed by atoms with Gasteiger partial charge in [0.2, 0.25) is 0 Å². The highest BCUT2D eigenvalue weighted by molar-refractivity contribution is 5.16. The minimum Gasteiger partial charge on any atom is -0.295 e. The predicted molar refractivity (Wildman–Crippen MR) is 66.3 cm³/mol. The van der Waals surface area contributed by atoms with Gasteiger partial charge in [-0.3, -0.25) is 9.58 Å². The lowest BCUT2D eigenvalue weighted by molar-refractivity contribution is 0.204. The largest absolute Gasteiger partial charge is 0.295 e. The second-order valence-electron chi connectivity index (χ2n) is 4.68. The second-order valence-corrected chi connectivity index (χ2v) is 4.68. The Morgan fingerprint density at radius 2 is 2.06 bits per heavy atom. The van der Waals surface area contributed by atoms with Gasteiger partial charge in [-0.15, -0.1) is 0 Å². The Balaban J connectivity index is 0.000000457. The summed E-state index contributed by atoms with van der Waals surface area (Å²) in [6, 6.07) is 0. The minimum absolute atomic E-state index is 1.00. The van der Waals surface area contributed by atoms with E-state index in [1.54, 1.807) is 0 Å². The van der Waals surface area contributed by atoms with Crippen molar-refractivity contribution in [2.24, 2.45) is 5.92 Å². The maximum Gasteiger partial charge on any atom is 0.0554 e. The van der Waals surface area contributed by atoms with E-state index >= 15 is 0 Å². The Labute approximate surface area is 98.4 Å². The highest BCUT2D eigenvalue weighted by atomic mass is 15.3. The highest BCUT2D eigenvalue weighted by Gasteiger charge is 2.26. The standard InChI is InChI=1S/C11H17N3.C2H6/c1-9-6-12-14-5-4-13(8-11(9)14)7-10-2-3-10;1-2/h6,10H,2-5,7-8H2,1H3;1-2H3. The molecule has 0 spiro atoms. The van der Waals surface area contributed by atoms with Crippen molar-refractivity contribution in [2.45, 2.75) is 46.7 Å². The molecule has 2 aliphatic rings. The van der Waals surface area contributed by atoms with Gasteiger partial charge in [0, 0.05) is 19.6 Å². The fraction of sp³-hybridized carbons (Fsp3) is 0.769. The van der Waals surface area contributed by atoms with E-state index in [4.69, 9.17) is 0 Å². The lowest BCUT2D eigenvalue weighted by atomic mass is 10.2. The van der Waals surface area contributed by atoms with Crippen molar-refractivity contribution in [1.82, 2.24) is 14.7 Å². The first-order valence-electron chi connectivity index (χ1n) is 6.56. The number of rotatable bonds is 2. The highest BCUT2D eigenvalue weighted by Crippen LogP contribution is 2.30. The van der Waals surface area contributed by atoms with E-state index < -0.39 is 0 Å². The summed E-state index contributed by atoms with van der Waals surface area (Å²) in [5, 5.41) is 4.38. The minimum atomic E-state index is 1.00. The van der Waals surface area contributed by atoms with Crippen molar-refractivity contribution in [2.75, 3.05) is 13.1 Å². The maximum atomic E-state index is 4.38. The van der Waals surface area contributed by atoms with Gasteiger partial charge in [-0.25, -0.2) is 0 Å². The van der Waals surface area contributed by atoms with E-state index in [0.29, 0.717) is 0 Å². The van der Waals surface area contributed by atoms with E-state index in [9.17, 15) is 0 Å². The third-order valence-corrected chi connectivity index (χ3v) is 3.37. The van der Waals surface area contributed by atoms with E-state index in [0.717, 1.165) is 19.0 Å². The zero-order valence-electron chi connectivity index (χ0n) is 10.7. The molecule has 1 aliphatic heterocycles. The molecular formula is C13H23N3. The van der Waals surface area contributed by atoms with Gasteiger partial charge in [-0.2, -0.15) is 5.10 Å². The SMILES string of the molecule is CC.Cc1cnn2c1CN(CC1CC1)CC2. The number of fused-ring (bicyclic) bond motifs is 1. The number of hydrogen-bond acceptors (Lipinski definition) is 2. The predicted octanol–water partition coefficient (Wildman–Crippen LogP) is 2.44. The third kappa shape index (κ3) is 2.46. The number of aromatic nitrogens is 2. The van der Waals surface area contributed by atoms with Gasteiger partial charge >= 0.3 is 0 Å². The van der Waals surface area contributed by atoms with Gasteiger partial charge in [0.15, 0.2) is 0 Å². The van der Waals surface area contributed by atoms with Crippen LogP contribution in [0.2, 0.25) is 0 Å². The van der Waals surface area contributed by atoms with Crippen LogP contribution in [0.5, 0.6) is 0 Å². The number of hydrogen-bond donors (Lipinski definition) is 0. The zero-order chi connectivity index (χ0) is 11.5. The van der Waals surface area contributed by atoms with Crippen LogP contribution in [-0.2, 0) is 13.1 Å². The quantitative estimate of drug-likeness (QED) is 0.765. The molecule has 3 rings (SSSR count). The van der Waals surface area contributed by atoms with Crippen LogP contribution < -0.4 is 0 Å². The topological polar surface area (TPSA) is 21.1 Å². The summed E-state index contributed by atoms with van der Waals surface area (Å²) in [7, 11) is 0. The molecule has 1 fully saturated rings. The Bertz CT molecular complexity index is 339. The summed E-state index contributed by atoms with van der Waals surface area (Å²) in [5.41, 5.74) is 2.78. The van der Waals surface area contributed by atoms with E-state index in [2.05, 4.69) is 21.6 Å². The summed E-state index contributed by atoms with van der Waals surface area (Å²) in [4.78, 5) is 2.58. The molecular weight excluding hydrogens is 198 g/mol. The van der Waals surface area contributed by atoms with Crippen LogP contribution in [0, 0.1) is 12.8 Å². The Morgan fingerprint density at radius 3 is 2.75 bits per heavy atom. The summed E-state index contributed by atoms with van der Waals surface area (Å²) in [6.45, 7) is 10.9. The average molecular weight is 221 g/mol. The molecule has 1 aromatic rings. The Morgan fingerprint density at radius 1 is 1.31 bits per heavy atom. The van der Waals surface area contributed by atoms with E-state index in [1.807, 2.05) is 20.0 Å².